The molecule has 1 fully saturated rings. The minimum Gasteiger partial charge on any atom is -0.446 e. The van der Waals surface area contributed by atoms with Gasteiger partial charge in [-0.15, -0.1) is 0 Å². The number of hydrogen-bond donors (Lipinski definition) is 1. The molecule has 178 valence electrons. The molecule has 1 heterocycles. The molecule has 0 spiro atoms. The highest BCUT2D eigenvalue weighted by molar-refractivity contribution is 5.69. The zero-order chi connectivity index (χ0) is 24.0. The molecule has 0 radical (unpaired) electrons. The van der Waals surface area contributed by atoms with Gasteiger partial charge in [0.05, 0.1) is 11.6 Å². The Balaban J connectivity index is 1.31. The lowest BCUT2D eigenvalue weighted by atomic mass is 9.99. The average molecular weight is 469 g/mol. The topological polar surface area (TPSA) is 41.6 Å². The fourth-order valence-electron chi connectivity index (χ4n) is 4.24. The van der Waals surface area contributed by atoms with Crippen LogP contribution >= 0.6 is 0 Å². The standard InChI is InChI=1S/C27H27F3N2O2/c28-27(29,30)23-13-7-8-20(18-23)19-32-16-14-24(15-17-32)34-26(33)31-25(21-9-3-1-4-10-21)22-11-5-2-6-12-22/h1-13,18,24-25H,14-17,19H2,(H,31,33). The van der Waals surface area contributed by atoms with E-state index in [4.69, 9.17) is 4.74 Å². The van der Waals surface area contributed by atoms with Crippen molar-refractivity contribution in [1.82, 2.24) is 10.2 Å². The predicted molar refractivity (Wildman–Crippen MR) is 124 cm³/mol. The van der Waals surface area contributed by atoms with Crippen LogP contribution in [0.25, 0.3) is 0 Å². The summed E-state index contributed by atoms with van der Waals surface area (Å²) in [6, 6.07) is 24.5. The number of nitrogens with zero attached hydrogens (tertiary/aromatic N) is 1. The molecule has 7 heteroatoms. The van der Waals surface area contributed by atoms with Crippen molar-refractivity contribution in [1.29, 1.82) is 0 Å². The number of carbonyl (C=O) groups is 1. The van der Waals surface area contributed by atoms with Crippen molar-refractivity contribution in [3.05, 3.63) is 107 Å². The molecule has 4 nitrogen and oxygen atoms in total. The van der Waals surface area contributed by atoms with E-state index in [1.807, 2.05) is 60.7 Å². The summed E-state index contributed by atoms with van der Waals surface area (Å²) in [5, 5.41) is 2.99. The maximum absolute atomic E-state index is 13.0. The summed E-state index contributed by atoms with van der Waals surface area (Å²) in [5.41, 5.74) is 1.91. The number of ether oxygens (including phenoxy) is 1. The highest BCUT2D eigenvalue weighted by Gasteiger charge is 2.31. The molecule has 0 aromatic heterocycles. The molecule has 0 bridgehead atoms. The zero-order valence-electron chi connectivity index (χ0n) is 18.7. The normalized spacial score (nSPS) is 15.3. The third-order valence-electron chi connectivity index (χ3n) is 6.00. The molecule has 3 aromatic rings. The Morgan fingerprint density at radius 1 is 0.912 bits per heavy atom. The second-order valence-electron chi connectivity index (χ2n) is 8.48. The Morgan fingerprint density at radius 3 is 2.06 bits per heavy atom. The van der Waals surface area contributed by atoms with Gasteiger partial charge in [0.1, 0.15) is 6.10 Å². The Hall–Kier alpha value is -3.32. The van der Waals surface area contributed by atoms with Crippen molar-refractivity contribution in [2.75, 3.05) is 13.1 Å². The second-order valence-corrected chi connectivity index (χ2v) is 8.48. The van der Waals surface area contributed by atoms with E-state index in [0.717, 1.165) is 17.2 Å². The SMILES string of the molecule is O=C(NC(c1ccccc1)c1ccccc1)OC1CCN(Cc2cccc(C(F)(F)F)c2)CC1. The van der Waals surface area contributed by atoms with Crippen LogP contribution < -0.4 is 5.32 Å². The van der Waals surface area contributed by atoms with E-state index in [-0.39, 0.29) is 12.1 Å². The molecule has 0 unspecified atom stereocenters. The fourth-order valence-corrected chi connectivity index (χ4v) is 4.24. The Morgan fingerprint density at radius 2 is 1.50 bits per heavy atom. The van der Waals surface area contributed by atoms with Crippen LogP contribution in [0.3, 0.4) is 0 Å². The number of carbonyl (C=O) groups excluding carboxylic acids is 1. The number of benzene rings is 3. The van der Waals surface area contributed by atoms with Crippen molar-refractivity contribution in [3.8, 4) is 0 Å². The summed E-state index contributed by atoms with van der Waals surface area (Å²) >= 11 is 0. The van der Waals surface area contributed by atoms with E-state index in [1.165, 1.54) is 12.1 Å². The molecule has 1 aliphatic rings. The summed E-state index contributed by atoms with van der Waals surface area (Å²) in [5.74, 6) is 0. The van der Waals surface area contributed by atoms with Gasteiger partial charge in [-0.1, -0.05) is 78.9 Å². The third kappa shape index (κ3) is 6.38. The first-order chi connectivity index (χ1) is 16.4. The monoisotopic (exact) mass is 468 g/mol. The number of alkyl halides is 3. The van der Waals surface area contributed by atoms with Gasteiger partial charge >= 0.3 is 12.3 Å². The molecular formula is C27H27F3N2O2. The van der Waals surface area contributed by atoms with Crippen LogP contribution in [0.4, 0.5) is 18.0 Å². The highest BCUT2D eigenvalue weighted by atomic mass is 19.4. The largest absolute Gasteiger partial charge is 0.446 e. The lowest BCUT2D eigenvalue weighted by Crippen LogP contribution is -2.40. The summed E-state index contributed by atoms with van der Waals surface area (Å²) in [4.78, 5) is 14.8. The van der Waals surface area contributed by atoms with E-state index in [0.29, 0.717) is 38.0 Å². The van der Waals surface area contributed by atoms with E-state index in [1.54, 1.807) is 6.07 Å². The highest BCUT2D eigenvalue weighted by Crippen LogP contribution is 2.30. The van der Waals surface area contributed by atoms with Gasteiger partial charge in [0.15, 0.2) is 0 Å². The molecule has 1 N–H and O–H groups in total. The molecule has 0 saturated carbocycles. The van der Waals surface area contributed by atoms with Gasteiger partial charge in [-0.2, -0.15) is 13.2 Å². The number of amides is 1. The van der Waals surface area contributed by atoms with Gasteiger partial charge in [-0.3, -0.25) is 4.90 Å². The van der Waals surface area contributed by atoms with Gasteiger partial charge in [0, 0.05) is 19.6 Å². The van der Waals surface area contributed by atoms with E-state index in [9.17, 15) is 18.0 Å². The van der Waals surface area contributed by atoms with Gasteiger partial charge in [0.25, 0.3) is 0 Å². The maximum atomic E-state index is 13.0. The minimum atomic E-state index is -4.35. The molecule has 34 heavy (non-hydrogen) atoms. The molecule has 3 aromatic carbocycles. The van der Waals surface area contributed by atoms with E-state index < -0.39 is 17.8 Å². The summed E-state index contributed by atoms with van der Waals surface area (Å²) in [7, 11) is 0. The fraction of sp³-hybridized carbons (Fsp3) is 0.296. The first kappa shape index (κ1) is 23.8. The number of hydrogen-bond acceptors (Lipinski definition) is 3. The summed E-state index contributed by atoms with van der Waals surface area (Å²) in [6.07, 6.45) is -3.79. The summed E-state index contributed by atoms with van der Waals surface area (Å²) < 4.78 is 44.6. The number of alkyl carbamates (subject to hydrolysis) is 1. The Bertz CT molecular complexity index is 1030. The van der Waals surface area contributed by atoms with Gasteiger partial charge in [0.2, 0.25) is 0 Å². The van der Waals surface area contributed by atoms with Gasteiger partial charge in [-0.05, 0) is 35.6 Å². The Kier molecular flexibility index (Phi) is 7.53. The maximum Gasteiger partial charge on any atom is 0.416 e. The number of rotatable bonds is 6. The van der Waals surface area contributed by atoms with E-state index in [2.05, 4.69) is 10.2 Å². The lowest BCUT2D eigenvalue weighted by Gasteiger charge is -2.32. The number of likely N-dealkylation sites (tertiary alicyclic amines) is 1. The number of halogens is 3. The first-order valence-corrected chi connectivity index (χ1v) is 11.3. The van der Waals surface area contributed by atoms with Crippen LogP contribution in [0.2, 0.25) is 0 Å². The van der Waals surface area contributed by atoms with Crippen LogP contribution in [-0.4, -0.2) is 30.2 Å². The smallest absolute Gasteiger partial charge is 0.416 e. The van der Waals surface area contributed by atoms with Crippen LogP contribution in [0.15, 0.2) is 84.9 Å². The van der Waals surface area contributed by atoms with E-state index >= 15 is 0 Å². The van der Waals surface area contributed by atoms with Crippen molar-refractivity contribution in [2.24, 2.45) is 0 Å². The van der Waals surface area contributed by atoms with Crippen LogP contribution in [0.5, 0.6) is 0 Å². The quantitative estimate of drug-likeness (QED) is 0.469. The molecular weight excluding hydrogens is 441 g/mol. The number of nitrogens with one attached hydrogen (secondary N) is 1. The Labute approximate surface area is 197 Å². The number of piperidine rings is 1. The molecule has 0 atom stereocenters. The molecule has 1 saturated heterocycles. The molecule has 1 aliphatic heterocycles. The third-order valence-corrected chi connectivity index (χ3v) is 6.00. The van der Waals surface area contributed by atoms with Crippen molar-refractivity contribution in [2.45, 2.75) is 37.7 Å². The summed E-state index contributed by atoms with van der Waals surface area (Å²) in [6.45, 7) is 1.73. The van der Waals surface area contributed by atoms with Crippen molar-refractivity contribution >= 4 is 6.09 Å². The molecule has 0 aliphatic carbocycles. The van der Waals surface area contributed by atoms with Crippen LogP contribution in [-0.2, 0) is 17.5 Å². The first-order valence-electron chi connectivity index (χ1n) is 11.3. The molecule has 4 rings (SSSR count). The lowest BCUT2D eigenvalue weighted by molar-refractivity contribution is -0.137. The minimum absolute atomic E-state index is 0.232. The predicted octanol–water partition coefficient (Wildman–Crippen LogP) is 6.19. The van der Waals surface area contributed by atoms with Crippen LogP contribution in [0.1, 0.15) is 41.1 Å². The van der Waals surface area contributed by atoms with Crippen LogP contribution in [0, 0.1) is 0 Å². The average Bonchev–Trinajstić information content (AvgIpc) is 2.84. The second kappa shape index (κ2) is 10.7. The zero-order valence-corrected chi connectivity index (χ0v) is 18.7. The van der Waals surface area contributed by atoms with Crippen molar-refractivity contribution < 1.29 is 22.7 Å². The van der Waals surface area contributed by atoms with Gasteiger partial charge < -0.3 is 10.1 Å². The van der Waals surface area contributed by atoms with Gasteiger partial charge in [-0.25, -0.2) is 4.79 Å². The van der Waals surface area contributed by atoms with Crippen molar-refractivity contribution in [3.63, 3.8) is 0 Å². The molecule has 1 amide bonds.